The summed E-state index contributed by atoms with van der Waals surface area (Å²) in [6.45, 7) is 4.90. The van der Waals surface area contributed by atoms with Crippen LogP contribution in [0.2, 0.25) is 0 Å². The van der Waals surface area contributed by atoms with Gasteiger partial charge in [-0.1, -0.05) is 13.3 Å². The number of aromatic nitrogens is 3. The summed E-state index contributed by atoms with van der Waals surface area (Å²) in [5.41, 5.74) is 1.78. The van der Waals surface area contributed by atoms with Crippen molar-refractivity contribution in [3.63, 3.8) is 0 Å². The van der Waals surface area contributed by atoms with E-state index < -0.39 is 0 Å². The maximum absolute atomic E-state index is 5.40. The minimum absolute atomic E-state index is 0.565. The number of hydrogen-bond acceptors (Lipinski definition) is 3. The highest BCUT2D eigenvalue weighted by molar-refractivity contribution is 5.71. The molecular weight excluding hydrogens is 226 g/mol. The van der Waals surface area contributed by atoms with E-state index in [0.29, 0.717) is 18.4 Å². The zero-order valence-corrected chi connectivity index (χ0v) is 10.9. The van der Waals surface area contributed by atoms with Gasteiger partial charge in [-0.15, -0.1) is 0 Å². The Labute approximate surface area is 107 Å². The smallest absolute Gasteiger partial charge is 0.215 e. The van der Waals surface area contributed by atoms with Crippen LogP contribution in [0.15, 0.2) is 12.1 Å². The van der Waals surface area contributed by atoms with Gasteiger partial charge in [0, 0.05) is 12.0 Å². The molecule has 4 nitrogen and oxygen atoms in total. The molecule has 3 rings (SSSR count). The van der Waals surface area contributed by atoms with Gasteiger partial charge in [0.1, 0.15) is 5.82 Å². The lowest BCUT2D eigenvalue weighted by atomic mass is 9.98. The van der Waals surface area contributed by atoms with E-state index in [1.165, 1.54) is 19.3 Å². The third-order valence-electron chi connectivity index (χ3n) is 3.84. The first-order valence-electron chi connectivity index (χ1n) is 6.77. The number of nitrogens with one attached hydrogen (secondary N) is 1. The van der Waals surface area contributed by atoms with E-state index in [4.69, 9.17) is 4.74 Å². The fraction of sp³-hybridized carbons (Fsp3) is 0.571. The summed E-state index contributed by atoms with van der Waals surface area (Å²) in [5, 5.41) is 0. The second-order valence-electron chi connectivity index (χ2n) is 5.09. The number of rotatable bonds is 3. The van der Waals surface area contributed by atoms with Crippen molar-refractivity contribution in [3.05, 3.63) is 18.0 Å². The molecular formula is C14H19N3O. The quantitative estimate of drug-likeness (QED) is 0.903. The van der Waals surface area contributed by atoms with Crippen molar-refractivity contribution in [3.8, 4) is 5.88 Å². The fourth-order valence-corrected chi connectivity index (χ4v) is 2.85. The van der Waals surface area contributed by atoms with Crippen LogP contribution in [0.3, 0.4) is 0 Å². The number of ether oxygens (including phenoxy) is 1. The Kier molecular flexibility index (Phi) is 2.94. The molecule has 2 aromatic rings. The summed E-state index contributed by atoms with van der Waals surface area (Å²) in [6.07, 6.45) is 3.85. The van der Waals surface area contributed by atoms with Gasteiger partial charge in [-0.05, 0) is 31.7 Å². The van der Waals surface area contributed by atoms with Gasteiger partial charge in [-0.2, -0.15) is 4.98 Å². The molecule has 1 saturated carbocycles. The number of pyridine rings is 1. The molecule has 1 fully saturated rings. The highest BCUT2D eigenvalue weighted by Gasteiger charge is 2.27. The maximum atomic E-state index is 5.40. The van der Waals surface area contributed by atoms with Crippen LogP contribution in [-0.2, 0) is 0 Å². The third kappa shape index (κ3) is 1.96. The summed E-state index contributed by atoms with van der Waals surface area (Å²) < 4.78 is 5.40. The van der Waals surface area contributed by atoms with Crippen LogP contribution in [-0.4, -0.2) is 21.6 Å². The van der Waals surface area contributed by atoms with Gasteiger partial charge in [0.25, 0.3) is 0 Å². The Morgan fingerprint density at radius 3 is 2.94 bits per heavy atom. The van der Waals surface area contributed by atoms with E-state index in [1.807, 2.05) is 19.1 Å². The minimum atomic E-state index is 0.565. The molecule has 0 radical (unpaired) electrons. The van der Waals surface area contributed by atoms with Crippen molar-refractivity contribution < 1.29 is 4.74 Å². The van der Waals surface area contributed by atoms with E-state index in [0.717, 1.165) is 22.9 Å². The lowest BCUT2D eigenvalue weighted by Gasteiger charge is -2.11. The number of H-pyrrole nitrogens is 1. The van der Waals surface area contributed by atoms with Crippen LogP contribution in [0.1, 0.15) is 44.9 Å². The first-order chi connectivity index (χ1) is 8.78. The number of fused-ring (bicyclic) bond motifs is 1. The molecule has 0 spiro atoms. The Balaban J connectivity index is 1.95. The number of hydrogen-bond donors (Lipinski definition) is 1. The lowest BCUT2D eigenvalue weighted by molar-refractivity contribution is 0.328. The van der Waals surface area contributed by atoms with Crippen molar-refractivity contribution in [1.29, 1.82) is 0 Å². The summed E-state index contributed by atoms with van der Waals surface area (Å²) in [6, 6.07) is 3.90. The third-order valence-corrected chi connectivity index (χ3v) is 3.84. The molecule has 18 heavy (non-hydrogen) atoms. The van der Waals surface area contributed by atoms with Crippen LogP contribution in [0.4, 0.5) is 0 Å². The largest absolute Gasteiger partial charge is 0.478 e. The zero-order valence-electron chi connectivity index (χ0n) is 10.9. The molecule has 0 aromatic carbocycles. The molecule has 4 heteroatoms. The average molecular weight is 245 g/mol. The summed E-state index contributed by atoms with van der Waals surface area (Å²) in [7, 11) is 0. The van der Waals surface area contributed by atoms with Gasteiger partial charge in [-0.3, -0.25) is 0 Å². The van der Waals surface area contributed by atoms with Crippen LogP contribution in [0.25, 0.3) is 11.2 Å². The normalized spacial score (nSPS) is 23.7. The second-order valence-corrected chi connectivity index (χ2v) is 5.09. The number of aromatic amines is 1. The SMILES string of the molecule is CCOc1ccc2[nH]c(C3CCCC3C)nc2n1. The molecule has 0 saturated heterocycles. The Morgan fingerprint density at radius 1 is 1.33 bits per heavy atom. The predicted molar refractivity (Wildman–Crippen MR) is 70.8 cm³/mol. The second kappa shape index (κ2) is 4.59. The fourth-order valence-electron chi connectivity index (χ4n) is 2.85. The van der Waals surface area contributed by atoms with Gasteiger partial charge in [-0.25, -0.2) is 4.98 Å². The van der Waals surface area contributed by atoms with Crippen LogP contribution >= 0.6 is 0 Å². The van der Waals surface area contributed by atoms with E-state index in [1.54, 1.807) is 0 Å². The molecule has 1 N–H and O–H groups in total. The molecule has 2 unspecified atom stereocenters. The lowest BCUT2D eigenvalue weighted by Crippen LogP contribution is -2.03. The first kappa shape index (κ1) is 11.5. The highest BCUT2D eigenvalue weighted by atomic mass is 16.5. The molecule has 2 aromatic heterocycles. The van der Waals surface area contributed by atoms with Crippen LogP contribution in [0.5, 0.6) is 5.88 Å². The molecule has 96 valence electrons. The molecule has 2 atom stereocenters. The van der Waals surface area contributed by atoms with Gasteiger partial charge in [0.05, 0.1) is 12.1 Å². The first-order valence-corrected chi connectivity index (χ1v) is 6.77. The standard InChI is InChI=1S/C14H19N3O/c1-3-18-12-8-7-11-14(16-12)17-13(15-11)10-6-4-5-9(10)2/h7-10H,3-6H2,1-2H3,(H,15,16,17). The number of imidazole rings is 1. The minimum Gasteiger partial charge on any atom is -0.478 e. The Bertz CT molecular complexity index is 549. The van der Waals surface area contributed by atoms with Gasteiger partial charge in [0.2, 0.25) is 5.88 Å². The summed E-state index contributed by atoms with van der Waals surface area (Å²) in [4.78, 5) is 12.5. The molecule has 1 aliphatic carbocycles. The average Bonchev–Trinajstić information content (AvgIpc) is 2.94. The maximum Gasteiger partial charge on any atom is 0.215 e. The Morgan fingerprint density at radius 2 is 2.22 bits per heavy atom. The van der Waals surface area contributed by atoms with E-state index in [9.17, 15) is 0 Å². The molecule has 0 bridgehead atoms. The molecule has 0 amide bonds. The predicted octanol–water partition coefficient (Wildman–Crippen LogP) is 3.26. The van der Waals surface area contributed by atoms with Crippen molar-refractivity contribution in [2.24, 2.45) is 5.92 Å². The van der Waals surface area contributed by atoms with E-state index >= 15 is 0 Å². The van der Waals surface area contributed by atoms with Crippen LogP contribution in [0, 0.1) is 5.92 Å². The topological polar surface area (TPSA) is 50.8 Å². The van der Waals surface area contributed by atoms with Gasteiger partial charge >= 0.3 is 0 Å². The summed E-state index contributed by atoms with van der Waals surface area (Å²) in [5.74, 6) is 3.03. The van der Waals surface area contributed by atoms with Crippen molar-refractivity contribution >= 4 is 11.2 Å². The highest BCUT2D eigenvalue weighted by Crippen LogP contribution is 2.38. The van der Waals surface area contributed by atoms with Gasteiger partial charge in [0.15, 0.2) is 5.65 Å². The van der Waals surface area contributed by atoms with Gasteiger partial charge < -0.3 is 9.72 Å². The van der Waals surface area contributed by atoms with Crippen molar-refractivity contribution in [1.82, 2.24) is 15.0 Å². The number of nitrogens with zero attached hydrogens (tertiary/aromatic N) is 2. The monoisotopic (exact) mass is 245 g/mol. The molecule has 1 aliphatic rings. The summed E-state index contributed by atoms with van der Waals surface area (Å²) >= 11 is 0. The van der Waals surface area contributed by atoms with E-state index in [-0.39, 0.29) is 0 Å². The molecule has 2 heterocycles. The van der Waals surface area contributed by atoms with Crippen molar-refractivity contribution in [2.45, 2.75) is 39.0 Å². The van der Waals surface area contributed by atoms with Crippen molar-refractivity contribution in [2.75, 3.05) is 6.61 Å². The van der Waals surface area contributed by atoms with Crippen LogP contribution < -0.4 is 4.74 Å². The zero-order chi connectivity index (χ0) is 12.5. The molecule has 0 aliphatic heterocycles. The van der Waals surface area contributed by atoms with E-state index in [2.05, 4.69) is 21.9 Å². The Hall–Kier alpha value is -1.58.